The van der Waals surface area contributed by atoms with E-state index in [1.165, 1.54) is 14.2 Å². The van der Waals surface area contributed by atoms with Gasteiger partial charge in [-0.15, -0.1) is 0 Å². The van der Waals surface area contributed by atoms with Crippen molar-refractivity contribution in [2.24, 2.45) is 0 Å². The second-order valence-electron chi connectivity index (χ2n) is 6.77. The SMILES string of the molecule is COc1cc(OC)c(NC(=O)c2ccc(Cn3nc(C)c([N+](=O)[O-])c3C)cc2)cc1Cl. The first-order valence-electron chi connectivity index (χ1n) is 9.25. The molecular formula is C21H21ClN4O5. The molecule has 31 heavy (non-hydrogen) atoms. The number of nitro groups is 1. The minimum absolute atomic E-state index is 0.0168. The molecule has 3 rings (SSSR count). The van der Waals surface area contributed by atoms with Gasteiger partial charge in [0.15, 0.2) is 0 Å². The molecule has 10 heteroatoms. The van der Waals surface area contributed by atoms with Gasteiger partial charge in [0.05, 0.1) is 36.4 Å². The van der Waals surface area contributed by atoms with Crippen LogP contribution in [0.25, 0.3) is 0 Å². The van der Waals surface area contributed by atoms with Crippen LogP contribution < -0.4 is 14.8 Å². The Morgan fingerprint density at radius 3 is 2.35 bits per heavy atom. The van der Waals surface area contributed by atoms with Crippen LogP contribution in [0.3, 0.4) is 0 Å². The number of anilines is 1. The van der Waals surface area contributed by atoms with Crippen LogP contribution in [0.15, 0.2) is 36.4 Å². The molecule has 1 amide bonds. The van der Waals surface area contributed by atoms with Crippen molar-refractivity contribution in [2.75, 3.05) is 19.5 Å². The summed E-state index contributed by atoms with van der Waals surface area (Å²) in [6, 6.07) is 10.0. The van der Waals surface area contributed by atoms with Crippen LogP contribution >= 0.6 is 11.6 Å². The van der Waals surface area contributed by atoms with Gasteiger partial charge in [0, 0.05) is 11.6 Å². The number of hydrogen-bond acceptors (Lipinski definition) is 6. The molecule has 3 aromatic rings. The van der Waals surface area contributed by atoms with Crippen LogP contribution in [0.1, 0.15) is 27.3 Å². The minimum atomic E-state index is -0.429. The lowest BCUT2D eigenvalue weighted by molar-refractivity contribution is -0.386. The van der Waals surface area contributed by atoms with Gasteiger partial charge in [0.1, 0.15) is 22.9 Å². The van der Waals surface area contributed by atoms with Crippen molar-refractivity contribution >= 4 is 28.9 Å². The molecule has 0 aliphatic heterocycles. The second-order valence-corrected chi connectivity index (χ2v) is 7.18. The Kier molecular flexibility index (Phi) is 6.45. The number of hydrogen-bond donors (Lipinski definition) is 1. The summed E-state index contributed by atoms with van der Waals surface area (Å²) in [6.45, 7) is 3.62. The molecule has 0 aliphatic rings. The number of halogens is 1. The van der Waals surface area contributed by atoms with Crippen LogP contribution in [-0.4, -0.2) is 34.8 Å². The van der Waals surface area contributed by atoms with E-state index >= 15 is 0 Å². The standard InChI is InChI=1S/C21H21ClN4O5/c1-12-20(26(28)29)13(2)25(24-12)11-14-5-7-15(8-6-14)21(27)23-17-9-16(22)18(30-3)10-19(17)31-4/h5-10H,11H2,1-4H3,(H,23,27). The molecule has 0 fully saturated rings. The third-order valence-corrected chi connectivity index (χ3v) is 5.09. The molecule has 0 bridgehead atoms. The lowest BCUT2D eigenvalue weighted by Crippen LogP contribution is -2.13. The van der Waals surface area contributed by atoms with Crippen LogP contribution in [0.2, 0.25) is 5.02 Å². The van der Waals surface area contributed by atoms with Crippen LogP contribution in [0.4, 0.5) is 11.4 Å². The molecule has 0 radical (unpaired) electrons. The largest absolute Gasteiger partial charge is 0.495 e. The van der Waals surface area contributed by atoms with Gasteiger partial charge in [-0.3, -0.25) is 19.6 Å². The second kappa shape index (κ2) is 9.05. The van der Waals surface area contributed by atoms with Gasteiger partial charge in [-0.1, -0.05) is 23.7 Å². The summed E-state index contributed by atoms with van der Waals surface area (Å²) in [5.41, 5.74) is 2.55. The molecule has 1 heterocycles. The first kappa shape index (κ1) is 22.1. The van der Waals surface area contributed by atoms with Crippen molar-refractivity contribution in [2.45, 2.75) is 20.4 Å². The van der Waals surface area contributed by atoms with Gasteiger partial charge in [-0.25, -0.2) is 0 Å². The fraction of sp³-hybridized carbons (Fsp3) is 0.238. The average molecular weight is 445 g/mol. The maximum absolute atomic E-state index is 12.7. The van der Waals surface area contributed by atoms with Crippen LogP contribution in [-0.2, 0) is 6.54 Å². The van der Waals surface area contributed by atoms with E-state index < -0.39 is 4.92 Å². The molecule has 0 spiro atoms. The molecule has 9 nitrogen and oxygen atoms in total. The van der Waals surface area contributed by atoms with Gasteiger partial charge in [-0.05, 0) is 37.6 Å². The predicted octanol–water partition coefficient (Wildman–Crippen LogP) is 4.38. The number of rotatable bonds is 7. The number of methoxy groups -OCH3 is 2. The van der Waals surface area contributed by atoms with E-state index in [9.17, 15) is 14.9 Å². The van der Waals surface area contributed by atoms with Gasteiger partial charge < -0.3 is 14.8 Å². The first-order chi connectivity index (χ1) is 14.7. The number of aryl methyl sites for hydroxylation is 1. The number of benzene rings is 2. The smallest absolute Gasteiger partial charge is 0.312 e. The van der Waals surface area contributed by atoms with E-state index in [2.05, 4.69) is 10.4 Å². The van der Waals surface area contributed by atoms with E-state index in [4.69, 9.17) is 21.1 Å². The highest BCUT2D eigenvalue weighted by atomic mass is 35.5. The molecule has 1 aromatic heterocycles. The highest BCUT2D eigenvalue weighted by Gasteiger charge is 2.21. The Labute approximate surface area is 183 Å². The molecule has 0 atom stereocenters. The van der Waals surface area contributed by atoms with Gasteiger partial charge in [-0.2, -0.15) is 5.10 Å². The molecule has 0 aliphatic carbocycles. The summed E-state index contributed by atoms with van der Waals surface area (Å²) in [5, 5.41) is 18.5. The lowest BCUT2D eigenvalue weighted by atomic mass is 10.1. The molecule has 1 N–H and O–H groups in total. The van der Waals surface area contributed by atoms with Crippen molar-refractivity contribution in [3.8, 4) is 11.5 Å². The van der Waals surface area contributed by atoms with Gasteiger partial charge in [0.25, 0.3) is 5.91 Å². The molecule has 0 saturated heterocycles. The zero-order chi connectivity index (χ0) is 22.7. The summed E-state index contributed by atoms with van der Waals surface area (Å²) < 4.78 is 12.0. The number of carbonyl (C=O) groups excluding carboxylic acids is 1. The Morgan fingerprint density at radius 2 is 1.81 bits per heavy atom. The normalized spacial score (nSPS) is 10.6. The minimum Gasteiger partial charge on any atom is -0.495 e. The maximum Gasteiger partial charge on any atom is 0.312 e. The number of amides is 1. The Bertz CT molecular complexity index is 1140. The zero-order valence-corrected chi connectivity index (χ0v) is 18.2. The van der Waals surface area contributed by atoms with E-state index in [-0.39, 0.29) is 11.6 Å². The molecular weight excluding hydrogens is 424 g/mol. The zero-order valence-electron chi connectivity index (χ0n) is 17.4. The van der Waals surface area contributed by atoms with Crippen molar-refractivity contribution in [3.63, 3.8) is 0 Å². The van der Waals surface area contributed by atoms with Crippen molar-refractivity contribution in [1.29, 1.82) is 0 Å². The molecule has 162 valence electrons. The quantitative estimate of drug-likeness (QED) is 0.428. The van der Waals surface area contributed by atoms with Crippen LogP contribution in [0.5, 0.6) is 11.5 Å². The Morgan fingerprint density at radius 1 is 1.16 bits per heavy atom. The monoisotopic (exact) mass is 444 g/mol. The summed E-state index contributed by atoms with van der Waals surface area (Å²) in [4.78, 5) is 23.4. The van der Waals surface area contributed by atoms with E-state index in [1.54, 1.807) is 54.9 Å². The topological polar surface area (TPSA) is 109 Å². The van der Waals surface area contributed by atoms with E-state index in [0.29, 0.717) is 45.7 Å². The third kappa shape index (κ3) is 4.61. The first-order valence-corrected chi connectivity index (χ1v) is 9.63. The fourth-order valence-corrected chi connectivity index (χ4v) is 3.43. The van der Waals surface area contributed by atoms with Gasteiger partial charge in [0.2, 0.25) is 0 Å². The summed E-state index contributed by atoms with van der Waals surface area (Å²) in [5.74, 6) is 0.510. The fourth-order valence-electron chi connectivity index (χ4n) is 3.19. The molecule has 2 aromatic carbocycles. The summed E-state index contributed by atoms with van der Waals surface area (Å²) in [6.07, 6.45) is 0. The van der Waals surface area contributed by atoms with Crippen molar-refractivity contribution in [1.82, 2.24) is 9.78 Å². The number of carbonyl (C=O) groups is 1. The third-order valence-electron chi connectivity index (χ3n) is 4.80. The van der Waals surface area contributed by atoms with E-state index in [1.807, 2.05) is 0 Å². The summed E-state index contributed by atoms with van der Waals surface area (Å²) >= 11 is 6.15. The predicted molar refractivity (Wildman–Crippen MR) is 116 cm³/mol. The lowest BCUT2D eigenvalue weighted by Gasteiger charge is -2.13. The number of aromatic nitrogens is 2. The van der Waals surface area contributed by atoms with Gasteiger partial charge >= 0.3 is 5.69 Å². The highest BCUT2D eigenvalue weighted by Crippen LogP contribution is 2.36. The molecule has 0 unspecified atom stereocenters. The van der Waals surface area contributed by atoms with Crippen molar-refractivity contribution < 1.29 is 19.2 Å². The highest BCUT2D eigenvalue weighted by molar-refractivity contribution is 6.32. The maximum atomic E-state index is 12.7. The Hall–Kier alpha value is -3.59. The van der Waals surface area contributed by atoms with Crippen LogP contribution in [0, 0.1) is 24.0 Å². The average Bonchev–Trinajstić information content (AvgIpc) is 3.01. The number of nitrogens with zero attached hydrogens (tertiary/aromatic N) is 3. The van der Waals surface area contributed by atoms with Crippen molar-refractivity contribution in [3.05, 3.63) is 74.0 Å². The molecule has 0 saturated carbocycles. The number of ether oxygens (including phenoxy) is 2. The number of nitrogens with one attached hydrogen (secondary N) is 1. The van der Waals surface area contributed by atoms with E-state index in [0.717, 1.165) is 5.56 Å². The summed E-state index contributed by atoms with van der Waals surface area (Å²) in [7, 11) is 2.97. The Balaban J connectivity index is 1.76.